The maximum absolute atomic E-state index is 10.1. The molecule has 1 amide bonds. The van der Waals surface area contributed by atoms with E-state index in [-0.39, 0.29) is 6.10 Å². The minimum absolute atomic E-state index is 0.0943. The number of carbonyl (C=O) groups excluding carboxylic acids is 1. The molecule has 0 aliphatic carbocycles. The van der Waals surface area contributed by atoms with Crippen molar-refractivity contribution in [1.29, 1.82) is 0 Å². The van der Waals surface area contributed by atoms with E-state index in [1.807, 2.05) is 0 Å². The average Bonchev–Trinajstić information content (AvgIpc) is 2.22. The van der Waals surface area contributed by atoms with Crippen molar-refractivity contribution in [1.82, 2.24) is 10.3 Å². The SMILES string of the molecule is O=CNCc1ncc(OC2COC2)cc1Cl. The molecule has 0 spiro atoms. The first kappa shape index (κ1) is 11.2. The molecule has 16 heavy (non-hydrogen) atoms. The van der Waals surface area contributed by atoms with Crippen LogP contribution in [0.15, 0.2) is 12.3 Å². The molecule has 1 aliphatic rings. The zero-order valence-electron chi connectivity index (χ0n) is 8.48. The molecule has 0 atom stereocenters. The molecule has 1 fully saturated rings. The van der Waals surface area contributed by atoms with Crippen LogP contribution in [0.1, 0.15) is 5.69 Å². The summed E-state index contributed by atoms with van der Waals surface area (Å²) in [4.78, 5) is 14.2. The Kier molecular flexibility index (Phi) is 3.58. The van der Waals surface area contributed by atoms with Crippen molar-refractivity contribution in [2.75, 3.05) is 13.2 Å². The molecule has 0 bridgehead atoms. The zero-order valence-corrected chi connectivity index (χ0v) is 9.24. The van der Waals surface area contributed by atoms with Gasteiger partial charge in [0.25, 0.3) is 0 Å². The lowest BCUT2D eigenvalue weighted by Gasteiger charge is -2.26. The van der Waals surface area contributed by atoms with Gasteiger partial charge < -0.3 is 14.8 Å². The first-order valence-corrected chi connectivity index (χ1v) is 5.23. The van der Waals surface area contributed by atoms with Crippen LogP contribution in [0, 0.1) is 0 Å². The van der Waals surface area contributed by atoms with E-state index < -0.39 is 0 Å². The number of hydrogen-bond acceptors (Lipinski definition) is 4. The fourth-order valence-corrected chi connectivity index (χ4v) is 1.48. The molecule has 1 aromatic rings. The molecule has 0 unspecified atom stereocenters. The highest BCUT2D eigenvalue weighted by atomic mass is 35.5. The standard InChI is InChI=1S/C10H11ClN2O3/c11-9-1-7(16-8-4-15-5-8)2-13-10(9)3-12-6-14/h1-2,6,8H,3-5H2,(H,12,14). The topological polar surface area (TPSA) is 60.5 Å². The minimum atomic E-state index is 0.0943. The summed E-state index contributed by atoms with van der Waals surface area (Å²) in [5, 5.41) is 2.98. The Morgan fingerprint density at radius 1 is 1.69 bits per heavy atom. The van der Waals surface area contributed by atoms with Crippen LogP contribution in [-0.2, 0) is 16.1 Å². The van der Waals surface area contributed by atoms with E-state index in [9.17, 15) is 4.79 Å². The second-order valence-electron chi connectivity index (χ2n) is 3.38. The molecule has 2 rings (SSSR count). The second kappa shape index (κ2) is 5.14. The fraction of sp³-hybridized carbons (Fsp3) is 0.400. The lowest BCUT2D eigenvalue weighted by molar-refractivity contribution is -0.109. The number of nitrogens with zero attached hydrogens (tertiary/aromatic N) is 1. The summed E-state index contributed by atoms with van der Waals surface area (Å²) in [5.41, 5.74) is 0.617. The molecule has 1 aliphatic heterocycles. The number of carbonyl (C=O) groups is 1. The van der Waals surface area contributed by atoms with E-state index in [1.165, 1.54) is 0 Å². The van der Waals surface area contributed by atoms with Crippen LogP contribution in [0.25, 0.3) is 0 Å². The number of pyridine rings is 1. The Morgan fingerprint density at radius 2 is 2.50 bits per heavy atom. The van der Waals surface area contributed by atoms with Crippen molar-refractivity contribution in [3.05, 3.63) is 23.0 Å². The third-order valence-electron chi connectivity index (χ3n) is 2.16. The van der Waals surface area contributed by atoms with Crippen molar-refractivity contribution in [2.24, 2.45) is 0 Å². The third kappa shape index (κ3) is 2.62. The van der Waals surface area contributed by atoms with Crippen LogP contribution in [0.4, 0.5) is 0 Å². The number of nitrogens with one attached hydrogen (secondary N) is 1. The Bertz CT molecular complexity index is 382. The van der Waals surface area contributed by atoms with Crippen LogP contribution in [0.5, 0.6) is 5.75 Å². The number of rotatable bonds is 5. The Hall–Kier alpha value is -1.33. The highest BCUT2D eigenvalue weighted by Crippen LogP contribution is 2.22. The van der Waals surface area contributed by atoms with Crippen LogP contribution in [-0.4, -0.2) is 30.7 Å². The number of hydrogen-bond donors (Lipinski definition) is 1. The molecular formula is C10H11ClN2O3. The molecule has 6 heteroatoms. The Balaban J connectivity index is 1.99. The van der Waals surface area contributed by atoms with E-state index in [4.69, 9.17) is 21.1 Å². The smallest absolute Gasteiger partial charge is 0.207 e. The minimum Gasteiger partial charge on any atom is -0.484 e. The third-order valence-corrected chi connectivity index (χ3v) is 2.48. The predicted octanol–water partition coefficient (Wildman–Crippen LogP) is 0.759. The van der Waals surface area contributed by atoms with Crippen molar-refractivity contribution in [3.63, 3.8) is 0 Å². The number of ether oxygens (including phenoxy) is 2. The largest absolute Gasteiger partial charge is 0.484 e. The van der Waals surface area contributed by atoms with Gasteiger partial charge in [-0.1, -0.05) is 11.6 Å². The fourth-order valence-electron chi connectivity index (χ4n) is 1.26. The first-order chi connectivity index (χ1) is 7.79. The van der Waals surface area contributed by atoms with E-state index in [1.54, 1.807) is 12.3 Å². The summed E-state index contributed by atoms with van der Waals surface area (Å²) < 4.78 is 10.5. The summed E-state index contributed by atoms with van der Waals surface area (Å²) in [6.07, 6.45) is 2.29. The normalized spacial score (nSPS) is 15.3. The van der Waals surface area contributed by atoms with Crippen LogP contribution < -0.4 is 10.1 Å². The lowest BCUT2D eigenvalue weighted by atomic mass is 10.3. The van der Waals surface area contributed by atoms with Crippen LogP contribution in [0.3, 0.4) is 0 Å². The summed E-state index contributed by atoms with van der Waals surface area (Å²) in [6.45, 7) is 1.52. The van der Waals surface area contributed by atoms with Gasteiger partial charge in [-0.3, -0.25) is 9.78 Å². The molecule has 1 saturated heterocycles. The molecule has 0 radical (unpaired) electrons. The number of aromatic nitrogens is 1. The van der Waals surface area contributed by atoms with Gasteiger partial charge in [0, 0.05) is 6.07 Å². The van der Waals surface area contributed by atoms with E-state index >= 15 is 0 Å². The van der Waals surface area contributed by atoms with E-state index in [2.05, 4.69) is 10.3 Å². The van der Waals surface area contributed by atoms with Crippen LogP contribution >= 0.6 is 11.6 Å². The highest BCUT2D eigenvalue weighted by molar-refractivity contribution is 6.31. The number of amides is 1. The summed E-state index contributed by atoms with van der Waals surface area (Å²) >= 11 is 5.98. The highest BCUT2D eigenvalue weighted by Gasteiger charge is 2.20. The van der Waals surface area contributed by atoms with E-state index in [0.29, 0.717) is 42.6 Å². The summed E-state index contributed by atoms with van der Waals surface area (Å²) in [6, 6.07) is 1.69. The lowest BCUT2D eigenvalue weighted by Crippen LogP contribution is -2.38. The molecule has 0 aromatic carbocycles. The number of halogens is 1. The molecule has 0 saturated carbocycles. The first-order valence-electron chi connectivity index (χ1n) is 4.85. The van der Waals surface area contributed by atoms with Gasteiger partial charge >= 0.3 is 0 Å². The van der Waals surface area contributed by atoms with Gasteiger partial charge in [0.1, 0.15) is 11.9 Å². The predicted molar refractivity (Wildman–Crippen MR) is 57.4 cm³/mol. The van der Waals surface area contributed by atoms with Gasteiger partial charge in [-0.15, -0.1) is 0 Å². The second-order valence-corrected chi connectivity index (χ2v) is 3.78. The van der Waals surface area contributed by atoms with Gasteiger partial charge in [-0.05, 0) is 0 Å². The van der Waals surface area contributed by atoms with Crippen molar-refractivity contribution in [3.8, 4) is 5.75 Å². The molecule has 1 aromatic heterocycles. The molecule has 1 N–H and O–H groups in total. The summed E-state index contributed by atoms with van der Waals surface area (Å²) in [5.74, 6) is 0.619. The molecule has 86 valence electrons. The average molecular weight is 243 g/mol. The molecular weight excluding hydrogens is 232 g/mol. The molecule has 5 nitrogen and oxygen atoms in total. The maximum atomic E-state index is 10.1. The zero-order chi connectivity index (χ0) is 11.4. The van der Waals surface area contributed by atoms with Crippen LogP contribution in [0.2, 0.25) is 5.02 Å². The molecule has 2 heterocycles. The van der Waals surface area contributed by atoms with Gasteiger partial charge in [-0.2, -0.15) is 0 Å². The van der Waals surface area contributed by atoms with Gasteiger partial charge in [0.15, 0.2) is 0 Å². The quantitative estimate of drug-likeness (QED) is 0.775. The Morgan fingerprint density at radius 3 is 3.06 bits per heavy atom. The Labute approximate surface area is 97.7 Å². The summed E-state index contributed by atoms with van der Waals surface area (Å²) in [7, 11) is 0. The van der Waals surface area contributed by atoms with Gasteiger partial charge in [-0.25, -0.2) is 0 Å². The van der Waals surface area contributed by atoms with E-state index in [0.717, 1.165) is 0 Å². The van der Waals surface area contributed by atoms with Crippen molar-refractivity contribution in [2.45, 2.75) is 12.6 Å². The van der Waals surface area contributed by atoms with Crippen molar-refractivity contribution >= 4 is 18.0 Å². The van der Waals surface area contributed by atoms with Crippen molar-refractivity contribution < 1.29 is 14.3 Å². The monoisotopic (exact) mass is 242 g/mol. The maximum Gasteiger partial charge on any atom is 0.207 e. The van der Waals surface area contributed by atoms with Gasteiger partial charge in [0.05, 0.1) is 36.7 Å². The van der Waals surface area contributed by atoms with Gasteiger partial charge in [0.2, 0.25) is 6.41 Å².